The highest BCUT2D eigenvalue weighted by atomic mass is 16.7. The van der Waals surface area contributed by atoms with Crippen LogP contribution in [-0.4, -0.2) is 69.1 Å². The van der Waals surface area contributed by atoms with Crippen LogP contribution in [0.2, 0.25) is 0 Å². The predicted octanol–water partition coefficient (Wildman–Crippen LogP) is 0.908. The first-order valence-electron chi connectivity index (χ1n) is 9.55. The molecular weight excluding hydrogens is 378 g/mol. The summed E-state index contributed by atoms with van der Waals surface area (Å²) in [7, 11) is 0. The lowest BCUT2D eigenvalue weighted by molar-refractivity contribution is -0.0680. The molecule has 1 unspecified atom stereocenters. The number of rotatable bonds is 4. The number of aryl methyl sites for hydroxylation is 1. The lowest BCUT2D eigenvalue weighted by Crippen LogP contribution is -2.48. The van der Waals surface area contributed by atoms with E-state index in [9.17, 15) is 9.59 Å². The van der Waals surface area contributed by atoms with Crippen LogP contribution in [0.15, 0.2) is 29.0 Å². The molecule has 0 saturated carbocycles. The van der Waals surface area contributed by atoms with Crippen molar-refractivity contribution in [2.75, 3.05) is 26.3 Å². The highest BCUT2D eigenvalue weighted by molar-refractivity contribution is 6.09. The van der Waals surface area contributed by atoms with Gasteiger partial charge in [-0.1, -0.05) is 4.85 Å². The summed E-state index contributed by atoms with van der Waals surface area (Å²) < 4.78 is 11.2. The largest absolute Gasteiger partial charge is 0.468 e. The maximum Gasteiger partial charge on any atom is 0.258 e. The maximum atomic E-state index is 13.0. The number of nitrogens with zero attached hydrogens (tertiary/aromatic N) is 5. The standard InChI is InChI=1S/C19H19N5O5/c25-15-4-1-5-16-17(15)13(11-28-16)19(26)23-7-8-27-12(9-23)10-29-24-18-14(21-22-24)3-2-6-20-18/h2-3,6,11-12H,1,4-5,7-10H2. The summed E-state index contributed by atoms with van der Waals surface area (Å²) in [5.74, 6) is 0.372. The van der Waals surface area contributed by atoms with Crippen LogP contribution >= 0.6 is 0 Å². The summed E-state index contributed by atoms with van der Waals surface area (Å²) in [5.41, 5.74) is 1.93. The van der Waals surface area contributed by atoms with Crippen molar-refractivity contribution in [3.63, 3.8) is 0 Å². The number of ether oxygens (including phenoxy) is 1. The van der Waals surface area contributed by atoms with Gasteiger partial charge in [-0.3, -0.25) is 9.59 Å². The number of amides is 1. The fourth-order valence-electron chi connectivity index (χ4n) is 3.74. The first-order valence-corrected chi connectivity index (χ1v) is 9.55. The summed E-state index contributed by atoms with van der Waals surface area (Å²) in [6, 6.07) is 3.56. The van der Waals surface area contributed by atoms with Crippen molar-refractivity contribution in [1.82, 2.24) is 25.0 Å². The van der Waals surface area contributed by atoms with E-state index in [-0.39, 0.29) is 24.4 Å². The molecule has 1 aliphatic heterocycles. The number of hydrogen-bond acceptors (Lipinski definition) is 8. The van der Waals surface area contributed by atoms with Gasteiger partial charge in [-0.25, -0.2) is 4.98 Å². The molecule has 0 aromatic carbocycles. The number of carbonyl (C=O) groups excluding carboxylic acids is 2. The molecule has 1 aliphatic carbocycles. The van der Waals surface area contributed by atoms with Crippen LogP contribution in [0, 0.1) is 0 Å². The van der Waals surface area contributed by atoms with E-state index in [0.717, 1.165) is 6.42 Å². The highest BCUT2D eigenvalue weighted by Gasteiger charge is 2.32. The molecule has 1 saturated heterocycles. The molecule has 1 atom stereocenters. The van der Waals surface area contributed by atoms with E-state index in [4.69, 9.17) is 14.0 Å². The van der Waals surface area contributed by atoms with Crippen LogP contribution < -0.4 is 4.84 Å². The molecule has 0 spiro atoms. The number of Topliss-reactive ketones (excluding diaryl/α,β-unsaturated/α-hetero) is 1. The van der Waals surface area contributed by atoms with Crippen LogP contribution in [0.1, 0.15) is 39.3 Å². The zero-order chi connectivity index (χ0) is 19.8. The smallest absolute Gasteiger partial charge is 0.258 e. The van der Waals surface area contributed by atoms with Crippen molar-refractivity contribution < 1.29 is 23.6 Å². The van der Waals surface area contributed by atoms with Gasteiger partial charge in [0.2, 0.25) is 5.65 Å². The number of hydrogen-bond donors (Lipinski definition) is 0. The molecule has 1 amide bonds. The van der Waals surface area contributed by atoms with E-state index in [2.05, 4.69) is 15.3 Å². The van der Waals surface area contributed by atoms with Gasteiger partial charge < -0.3 is 18.9 Å². The molecule has 0 radical (unpaired) electrons. The molecule has 10 heteroatoms. The molecule has 3 aromatic heterocycles. The third-order valence-corrected chi connectivity index (χ3v) is 5.17. The van der Waals surface area contributed by atoms with Gasteiger partial charge in [-0.2, -0.15) is 0 Å². The number of fused-ring (bicyclic) bond motifs is 2. The van der Waals surface area contributed by atoms with Gasteiger partial charge >= 0.3 is 0 Å². The van der Waals surface area contributed by atoms with Crippen molar-refractivity contribution in [2.45, 2.75) is 25.4 Å². The minimum atomic E-state index is -0.339. The van der Waals surface area contributed by atoms with Gasteiger partial charge in [0.05, 0.1) is 24.3 Å². The van der Waals surface area contributed by atoms with E-state index in [0.29, 0.717) is 60.6 Å². The normalized spacial score (nSPS) is 19.4. The number of pyridine rings is 1. The van der Waals surface area contributed by atoms with Crippen molar-refractivity contribution in [3.05, 3.63) is 41.5 Å². The Labute approximate surface area is 165 Å². The Balaban J connectivity index is 1.27. The van der Waals surface area contributed by atoms with E-state index >= 15 is 0 Å². The van der Waals surface area contributed by atoms with Crippen LogP contribution in [0.3, 0.4) is 0 Å². The number of aromatic nitrogens is 4. The van der Waals surface area contributed by atoms with Crippen LogP contribution in [0.5, 0.6) is 0 Å². The summed E-state index contributed by atoms with van der Waals surface area (Å²) >= 11 is 0. The molecule has 5 rings (SSSR count). The maximum absolute atomic E-state index is 13.0. The first-order chi connectivity index (χ1) is 14.2. The van der Waals surface area contributed by atoms with Crippen molar-refractivity contribution in [2.24, 2.45) is 0 Å². The predicted molar refractivity (Wildman–Crippen MR) is 98.4 cm³/mol. The van der Waals surface area contributed by atoms with Crippen molar-refractivity contribution in [1.29, 1.82) is 0 Å². The van der Waals surface area contributed by atoms with Crippen LogP contribution in [-0.2, 0) is 11.2 Å². The van der Waals surface area contributed by atoms with Gasteiger partial charge in [-0.05, 0) is 23.8 Å². The second-order valence-electron chi connectivity index (χ2n) is 7.07. The molecule has 2 aliphatic rings. The molecule has 3 aromatic rings. The topological polar surface area (TPSA) is 113 Å². The first kappa shape index (κ1) is 17.8. The van der Waals surface area contributed by atoms with E-state index < -0.39 is 0 Å². The number of carbonyl (C=O) groups is 2. The van der Waals surface area contributed by atoms with Gasteiger partial charge in [0.25, 0.3) is 5.91 Å². The second-order valence-corrected chi connectivity index (χ2v) is 7.07. The molecule has 1 fully saturated rings. The lowest BCUT2D eigenvalue weighted by Gasteiger charge is -2.32. The zero-order valence-corrected chi connectivity index (χ0v) is 15.6. The van der Waals surface area contributed by atoms with Gasteiger partial charge in [0.15, 0.2) is 5.78 Å². The van der Waals surface area contributed by atoms with Gasteiger partial charge in [0.1, 0.15) is 30.3 Å². The number of furan rings is 1. The average Bonchev–Trinajstić information content (AvgIpc) is 3.37. The van der Waals surface area contributed by atoms with E-state index in [1.807, 2.05) is 0 Å². The molecular formula is C19H19N5O5. The molecule has 4 heterocycles. The Morgan fingerprint density at radius 2 is 2.28 bits per heavy atom. The Morgan fingerprint density at radius 3 is 3.21 bits per heavy atom. The third kappa shape index (κ3) is 3.25. The SMILES string of the molecule is O=C1CCCc2occ(C(=O)N3CCOC(COn4nnc5cccnc54)C3)c21. The summed E-state index contributed by atoms with van der Waals surface area (Å²) in [4.78, 5) is 38.1. The fraction of sp³-hybridized carbons (Fsp3) is 0.421. The minimum absolute atomic E-state index is 0.0259. The van der Waals surface area contributed by atoms with E-state index in [1.165, 1.54) is 11.1 Å². The average molecular weight is 397 g/mol. The van der Waals surface area contributed by atoms with Crippen molar-refractivity contribution >= 4 is 22.9 Å². The van der Waals surface area contributed by atoms with Crippen molar-refractivity contribution in [3.8, 4) is 0 Å². The Morgan fingerprint density at radius 1 is 1.34 bits per heavy atom. The number of morpholine rings is 1. The monoisotopic (exact) mass is 397 g/mol. The summed E-state index contributed by atoms with van der Waals surface area (Å²) in [6.07, 6.45) is 4.60. The molecule has 150 valence electrons. The summed E-state index contributed by atoms with van der Waals surface area (Å²) in [6.45, 7) is 1.34. The Bertz CT molecular complexity index is 1070. The highest BCUT2D eigenvalue weighted by Crippen LogP contribution is 2.27. The Hall–Kier alpha value is -3.27. The molecule has 10 nitrogen and oxygen atoms in total. The fourth-order valence-corrected chi connectivity index (χ4v) is 3.74. The summed E-state index contributed by atoms with van der Waals surface area (Å²) in [5, 5.41) is 7.91. The Kier molecular flexibility index (Phi) is 4.47. The molecule has 29 heavy (non-hydrogen) atoms. The molecule has 0 bridgehead atoms. The quantitative estimate of drug-likeness (QED) is 0.638. The van der Waals surface area contributed by atoms with Gasteiger partial charge in [0, 0.05) is 25.6 Å². The van der Waals surface area contributed by atoms with Crippen LogP contribution in [0.25, 0.3) is 11.2 Å². The third-order valence-electron chi connectivity index (χ3n) is 5.17. The molecule has 0 N–H and O–H groups in total. The zero-order valence-electron chi connectivity index (χ0n) is 15.6. The number of ketones is 1. The lowest BCUT2D eigenvalue weighted by atomic mass is 9.93. The second kappa shape index (κ2) is 7.28. The van der Waals surface area contributed by atoms with E-state index in [1.54, 1.807) is 23.2 Å². The minimum Gasteiger partial charge on any atom is -0.468 e. The van der Waals surface area contributed by atoms with Crippen LogP contribution in [0.4, 0.5) is 0 Å². The van der Waals surface area contributed by atoms with Gasteiger partial charge in [-0.15, -0.1) is 5.10 Å².